The summed E-state index contributed by atoms with van der Waals surface area (Å²) in [6.45, 7) is 8.55. The van der Waals surface area contributed by atoms with Gasteiger partial charge < -0.3 is 15.0 Å². The van der Waals surface area contributed by atoms with Crippen LogP contribution in [0.5, 0.6) is 5.75 Å². The maximum absolute atomic E-state index is 13.0. The Morgan fingerprint density at radius 1 is 1.07 bits per heavy atom. The van der Waals surface area contributed by atoms with Gasteiger partial charge in [-0.2, -0.15) is 0 Å². The fraction of sp³-hybridized carbons (Fsp3) is 0.417. The van der Waals surface area contributed by atoms with Crippen LogP contribution < -0.4 is 10.1 Å². The predicted octanol–water partition coefficient (Wildman–Crippen LogP) is 4.47. The van der Waals surface area contributed by atoms with Gasteiger partial charge in [-0.3, -0.25) is 9.59 Å². The molecule has 2 aromatic rings. The van der Waals surface area contributed by atoms with E-state index in [0.717, 1.165) is 12.0 Å². The summed E-state index contributed by atoms with van der Waals surface area (Å²) in [5, 5.41) is 3.49. The third-order valence-corrected chi connectivity index (χ3v) is 5.02. The quantitative estimate of drug-likeness (QED) is 0.605. The Balaban J connectivity index is 2.11. The van der Waals surface area contributed by atoms with Crippen molar-refractivity contribution >= 4 is 23.4 Å². The molecule has 0 spiro atoms. The molecule has 0 bridgehead atoms. The molecule has 0 saturated heterocycles. The number of hydrogen-bond donors (Lipinski definition) is 1. The zero-order valence-electron chi connectivity index (χ0n) is 18.2. The molecule has 0 aliphatic heterocycles. The summed E-state index contributed by atoms with van der Waals surface area (Å²) in [4.78, 5) is 27.2. The molecule has 6 heteroatoms. The van der Waals surface area contributed by atoms with E-state index in [0.29, 0.717) is 23.2 Å². The zero-order valence-corrected chi connectivity index (χ0v) is 18.9. The first-order valence-electron chi connectivity index (χ1n) is 10.3. The van der Waals surface area contributed by atoms with E-state index in [1.807, 2.05) is 50.2 Å². The maximum Gasteiger partial charge on any atom is 0.261 e. The minimum Gasteiger partial charge on any atom is -0.484 e. The normalized spacial score (nSPS) is 11.8. The molecule has 0 fully saturated rings. The number of ether oxygens (including phenoxy) is 1. The Hall–Kier alpha value is -2.53. The van der Waals surface area contributed by atoms with Gasteiger partial charge in [0.25, 0.3) is 5.91 Å². The van der Waals surface area contributed by atoms with E-state index in [2.05, 4.69) is 12.2 Å². The number of aryl methyl sites for hydroxylation is 1. The molecule has 0 saturated carbocycles. The van der Waals surface area contributed by atoms with Crippen molar-refractivity contribution in [1.29, 1.82) is 0 Å². The van der Waals surface area contributed by atoms with Crippen molar-refractivity contribution in [3.63, 3.8) is 0 Å². The van der Waals surface area contributed by atoms with Gasteiger partial charge in [-0.25, -0.2) is 0 Å². The van der Waals surface area contributed by atoms with Gasteiger partial charge in [0.1, 0.15) is 11.8 Å². The van der Waals surface area contributed by atoms with Gasteiger partial charge in [0.2, 0.25) is 5.91 Å². The van der Waals surface area contributed by atoms with Crippen LogP contribution in [-0.2, 0) is 22.6 Å². The van der Waals surface area contributed by atoms with Crippen LogP contribution in [0.15, 0.2) is 48.5 Å². The molecule has 0 unspecified atom stereocenters. The van der Waals surface area contributed by atoms with Crippen molar-refractivity contribution in [2.45, 2.75) is 46.7 Å². The number of benzene rings is 2. The molecule has 0 aromatic heterocycles. The average molecular weight is 431 g/mol. The molecule has 1 N–H and O–H groups in total. The highest BCUT2D eigenvalue weighted by molar-refractivity contribution is 6.30. The predicted molar refractivity (Wildman–Crippen MR) is 121 cm³/mol. The topological polar surface area (TPSA) is 58.6 Å². The van der Waals surface area contributed by atoms with Gasteiger partial charge in [-0.1, -0.05) is 56.6 Å². The van der Waals surface area contributed by atoms with Crippen LogP contribution in [0.2, 0.25) is 5.02 Å². The Labute approximate surface area is 184 Å². The Bertz CT molecular complexity index is 837. The average Bonchev–Trinajstić information content (AvgIpc) is 2.74. The second-order valence-corrected chi connectivity index (χ2v) is 8.19. The molecule has 0 heterocycles. The van der Waals surface area contributed by atoms with Crippen LogP contribution in [-0.4, -0.2) is 35.9 Å². The summed E-state index contributed by atoms with van der Waals surface area (Å²) < 4.78 is 5.69. The van der Waals surface area contributed by atoms with E-state index in [-0.39, 0.29) is 25.0 Å². The van der Waals surface area contributed by atoms with E-state index in [1.54, 1.807) is 19.1 Å². The van der Waals surface area contributed by atoms with Crippen molar-refractivity contribution < 1.29 is 14.3 Å². The lowest BCUT2D eigenvalue weighted by Gasteiger charge is -2.29. The minimum atomic E-state index is -0.638. The highest BCUT2D eigenvalue weighted by Crippen LogP contribution is 2.16. The number of amides is 2. The van der Waals surface area contributed by atoms with Crippen LogP contribution in [0.4, 0.5) is 0 Å². The zero-order chi connectivity index (χ0) is 22.1. The largest absolute Gasteiger partial charge is 0.484 e. The summed E-state index contributed by atoms with van der Waals surface area (Å²) in [6.07, 6.45) is 0.940. The van der Waals surface area contributed by atoms with Crippen molar-refractivity contribution in [3.05, 3.63) is 64.7 Å². The van der Waals surface area contributed by atoms with Crippen LogP contribution in [0.3, 0.4) is 0 Å². The first-order chi connectivity index (χ1) is 14.3. The van der Waals surface area contributed by atoms with E-state index in [4.69, 9.17) is 16.3 Å². The van der Waals surface area contributed by atoms with Crippen LogP contribution in [0.25, 0.3) is 0 Å². The summed E-state index contributed by atoms with van der Waals surface area (Å²) in [7, 11) is 0. The molecular formula is C24H31ClN2O3. The van der Waals surface area contributed by atoms with Crippen molar-refractivity contribution in [1.82, 2.24) is 10.2 Å². The van der Waals surface area contributed by atoms with Gasteiger partial charge in [0, 0.05) is 18.1 Å². The van der Waals surface area contributed by atoms with E-state index >= 15 is 0 Å². The third-order valence-electron chi connectivity index (χ3n) is 4.79. The first-order valence-corrected chi connectivity index (χ1v) is 10.7. The molecule has 0 radical (unpaired) electrons. The summed E-state index contributed by atoms with van der Waals surface area (Å²) in [6, 6.07) is 14.3. The third kappa shape index (κ3) is 7.38. The fourth-order valence-corrected chi connectivity index (χ4v) is 3.13. The highest BCUT2D eigenvalue weighted by atomic mass is 35.5. The van der Waals surface area contributed by atoms with Crippen molar-refractivity contribution in [2.75, 3.05) is 13.2 Å². The number of nitrogens with one attached hydrogen (secondary N) is 1. The van der Waals surface area contributed by atoms with E-state index < -0.39 is 6.04 Å². The summed E-state index contributed by atoms with van der Waals surface area (Å²) in [5.41, 5.74) is 2.05. The molecule has 0 aliphatic rings. The Morgan fingerprint density at radius 2 is 1.77 bits per heavy atom. The molecule has 2 aromatic carbocycles. The lowest BCUT2D eigenvalue weighted by atomic mass is 10.1. The number of nitrogens with zero attached hydrogens (tertiary/aromatic N) is 1. The number of carbonyl (C=O) groups excluding carboxylic acids is 2. The second kappa shape index (κ2) is 11.6. The Kier molecular flexibility index (Phi) is 9.18. The monoisotopic (exact) mass is 430 g/mol. The number of hydrogen-bond acceptors (Lipinski definition) is 3. The first kappa shape index (κ1) is 23.7. The molecular weight excluding hydrogens is 400 g/mol. The standard InChI is InChI=1S/C24H31ClN2O3/c1-5-19-9-11-22(12-10-19)30-16-23(28)27(15-20-7-6-8-21(25)13-20)18(4)24(29)26-14-17(2)3/h6-13,17-18H,5,14-16H2,1-4H3,(H,26,29)/t18-/m0/s1. The Morgan fingerprint density at radius 3 is 2.37 bits per heavy atom. The van der Waals surface area contributed by atoms with E-state index in [9.17, 15) is 9.59 Å². The van der Waals surface area contributed by atoms with Crippen LogP contribution in [0, 0.1) is 5.92 Å². The summed E-state index contributed by atoms with van der Waals surface area (Å²) >= 11 is 6.09. The minimum absolute atomic E-state index is 0.145. The van der Waals surface area contributed by atoms with Crippen LogP contribution >= 0.6 is 11.6 Å². The molecule has 30 heavy (non-hydrogen) atoms. The summed E-state index contributed by atoms with van der Waals surface area (Å²) in [5.74, 6) is 0.501. The number of carbonyl (C=O) groups is 2. The second-order valence-electron chi connectivity index (χ2n) is 7.75. The SMILES string of the molecule is CCc1ccc(OCC(=O)N(Cc2cccc(Cl)c2)[C@@H](C)C(=O)NCC(C)C)cc1. The van der Waals surface area contributed by atoms with Gasteiger partial charge in [0.15, 0.2) is 6.61 Å². The number of halogens is 1. The molecule has 1 atom stereocenters. The molecule has 5 nitrogen and oxygen atoms in total. The van der Waals surface area contributed by atoms with Gasteiger partial charge in [-0.15, -0.1) is 0 Å². The smallest absolute Gasteiger partial charge is 0.261 e. The molecule has 2 amide bonds. The highest BCUT2D eigenvalue weighted by Gasteiger charge is 2.26. The van der Waals surface area contributed by atoms with E-state index in [1.165, 1.54) is 10.5 Å². The van der Waals surface area contributed by atoms with Gasteiger partial charge >= 0.3 is 0 Å². The molecule has 162 valence electrons. The maximum atomic E-state index is 13.0. The van der Waals surface area contributed by atoms with Crippen molar-refractivity contribution in [2.24, 2.45) is 5.92 Å². The molecule has 0 aliphatic carbocycles. The fourth-order valence-electron chi connectivity index (χ4n) is 2.92. The van der Waals surface area contributed by atoms with Gasteiger partial charge in [-0.05, 0) is 54.7 Å². The number of rotatable bonds is 10. The van der Waals surface area contributed by atoms with Crippen LogP contribution in [0.1, 0.15) is 38.8 Å². The molecule has 2 rings (SSSR count). The lowest BCUT2D eigenvalue weighted by molar-refractivity contribution is -0.142. The lowest BCUT2D eigenvalue weighted by Crippen LogP contribution is -2.49. The van der Waals surface area contributed by atoms with Gasteiger partial charge in [0.05, 0.1) is 0 Å². The van der Waals surface area contributed by atoms with Crippen molar-refractivity contribution in [3.8, 4) is 5.75 Å².